The van der Waals surface area contributed by atoms with Crippen LogP contribution in [0.1, 0.15) is 86.0 Å². The van der Waals surface area contributed by atoms with Gasteiger partial charge in [-0.05, 0) is 55.5 Å². The molecule has 0 aromatic rings. The molecule has 1 nitrogen and oxygen atoms in total. The molecule has 21 heavy (non-hydrogen) atoms. The molecule has 1 heteroatoms. The topological polar surface area (TPSA) is 12.0 Å². The van der Waals surface area contributed by atoms with E-state index < -0.39 is 0 Å². The van der Waals surface area contributed by atoms with Gasteiger partial charge in [0.15, 0.2) is 0 Å². The average molecular weight is 296 g/mol. The molecule has 0 aromatic carbocycles. The molecule has 1 rings (SSSR count). The second-order valence-electron chi connectivity index (χ2n) is 8.36. The molecular formula is C20H41N. The van der Waals surface area contributed by atoms with Crippen LogP contribution < -0.4 is 5.32 Å². The smallest absolute Gasteiger partial charge is 0.00178 e. The standard InChI is InChI=1S/C20H41N/c1-6-8-18-11-12-20(15-21-14-17(4)5)19(13-18)10-7-9-16(2)3/h16-21H,6-15H2,1-5H3. The predicted octanol–water partition coefficient (Wildman–Crippen LogP) is 5.89. The number of hydrogen-bond acceptors (Lipinski definition) is 1. The van der Waals surface area contributed by atoms with Crippen LogP contribution in [0.3, 0.4) is 0 Å². The minimum absolute atomic E-state index is 0.779. The number of hydrogen-bond donors (Lipinski definition) is 1. The van der Waals surface area contributed by atoms with Crippen LogP contribution in [-0.2, 0) is 0 Å². The Kier molecular flexibility index (Phi) is 9.64. The fourth-order valence-electron chi connectivity index (χ4n) is 4.06. The first-order valence-corrected chi connectivity index (χ1v) is 9.73. The lowest BCUT2D eigenvalue weighted by atomic mass is 9.70. The molecule has 0 bridgehead atoms. The molecule has 3 unspecified atom stereocenters. The lowest BCUT2D eigenvalue weighted by Crippen LogP contribution is -2.34. The van der Waals surface area contributed by atoms with Crippen molar-refractivity contribution in [3.63, 3.8) is 0 Å². The maximum Gasteiger partial charge on any atom is -0.00178 e. The van der Waals surface area contributed by atoms with Crippen LogP contribution in [0, 0.1) is 29.6 Å². The Labute approximate surface area is 134 Å². The number of nitrogens with one attached hydrogen (secondary N) is 1. The Balaban J connectivity index is 2.40. The summed E-state index contributed by atoms with van der Waals surface area (Å²) in [6, 6.07) is 0. The van der Waals surface area contributed by atoms with Crippen LogP contribution in [0.25, 0.3) is 0 Å². The summed E-state index contributed by atoms with van der Waals surface area (Å²) in [5.74, 6) is 4.62. The molecule has 126 valence electrons. The van der Waals surface area contributed by atoms with Gasteiger partial charge in [0, 0.05) is 0 Å². The molecule has 1 aliphatic rings. The van der Waals surface area contributed by atoms with E-state index >= 15 is 0 Å². The Morgan fingerprint density at radius 2 is 1.71 bits per heavy atom. The number of rotatable bonds is 10. The van der Waals surface area contributed by atoms with Crippen LogP contribution >= 0.6 is 0 Å². The van der Waals surface area contributed by atoms with E-state index in [9.17, 15) is 0 Å². The van der Waals surface area contributed by atoms with E-state index in [4.69, 9.17) is 0 Å². The van der Waals surface area contributed by atoms with Crippen LogP contribution in [-0.4, -0.2) is 13.1 Å². The summed E-state index contributed by atoms with van der Waals surface area (Å²) in [4.78, 5) is 0. The summed E-state index contributed by atoms with van der Waals surface area (Å²) in [6.45, 7) is 14.2. The van der Waals surface area contributed by atoms with Crippen molar-refractivity contribution >= 4 is 0 Å². The summed E-state index contributed by atoms with van der Waals surface area (Å²) in [5.41, 5.74) is 0. The highest BCUT2D eigenvalue weighted by atomic mass is 14.9. The lowest BCUT2D eigenvalue weighted by Gasteiger charge is -2.37. The molecule has 1 saturated carbocycles. The van der Waals surface area contributed by atoms with E-state index in [-0.39, 0.29) is 0 Å². The molecular weight excluding hydrogens is 254 g/mol. The van der Waals surface area contributed by atoms with E-state index in [1.54, 1.807) is 0 Å². The molecule has 0 aromatic heterocycles. The normalized spacial score (nSPS) is 26.7. The van der Waals surface area contributed by atoms with Gasteiger partial charge >= 0.3 is 0 Å². The summed E-state index contributed by atoms with van der Waals surface area (Å²) < 4.78 is 0. The quantitative estimate of drug-likeness (QED) is 0.530. The van der Waals surface area contributed by atoms with Gasteiger partial charge in [-0.1, -0.05) is 73.1 Å². The molecule has 0 radical (unpaired) electrons. The Bertz CT molecular complexity index is 246. The van der Waals surface area contributed by atoms with Gasteiger partial charge in [-0.3, -0.25) is 0 Å². The van der Waals surface area contributed by atoms with Crippen molar-refractivity contribution in [2.24, 2.45) is 29.6 Å². The fourth-order valence-corrected chi connectivity index (χ4v) is 4.06. The summed E-state index contributed by atoms with van der Waals surface area (Å²) in [6.07, 6.45) is 11.7. The van der Waals surface area contributed by atoms with Crippen LogP contribution in [0.4, 0.5) is 0 Å². The van der Waals surface area contributed by atoms with Crippen molar-refractivity contribution in [1.82, 2.24) is 5.32 Å². The highest BCUT2D eigenvalue weighted by molar-refractivity contribution is 4.81. The summed E-state index contributed by atoms with van der Waals surface area (Å²) >= 11 is 0. The first-order valence-electron chi connectivity index (χ1n) is 9.73. The van der Waals surface area contributed by atoms with Crippen LogP contribution in [0.2, 0.25) is 0 Å². The SMILES string of the molecule is CCCC1CCC(CNCC(C)C)C(CCCC(C)C)C1. The summed E-state index contributed by atoms with van der Waals surface area (Å²) in [7, 11) is 0. The van der Waals surface area contributed by atoms with Gasteiger partial charge in [0.1, 0.15) is 0 Å². The molecule has 0 spiro atoms. The second kappa shape index (κ2) is 10.6. The third-order valence-corrected chi connectivity index (χ3v) is 5.26. The minimum atomic E-state index is 0.779. The van der Waals surface area contributed by atoms with E-state index in [2.05, 4.69) is 39.9 Å². The van der Waals surface area contributed by atoms with Crippen LogP contribution in [0.5, 0.6) is 0 Å². The van der Waals surface area contributed by atoms with E-state index in [0.29, 0.717) is 0 Å². The minimum Gasteiger partial charge on any atom is -0.316 e. The van der Waals surface area contributed by atoms with Gasteiger partial charge in [0.2, 0.25) is 0 Å². The molecule has 3 atom stereocenters. The molecule has 0 saturated heterocycles. The van der Waals surface area contributed by atoms with Gasteiger partial charge in [0.25, 0.3) is 0 Å². The third-order valence-electron chi connectivity index (χ3n) is 5.26. The van der Waals surface area contributed by atoms with Crippen molar-refractivity contribution < 1.29 is 0 Å². The zero-order chi connectivity index (χ0) is 15.7. The van der Waals surface area contributed by atoms with Crippen molar-refractivity contribution in [3.8, 4) is 0 Å². The van der Waals surface area contributed by atoms with E-state index in [1.807, 2.05) is 0 Å². The largest absolute Gasteiger partial charge is 0.316 e. The van der Waals surface area contributed by atoms with Crippen molar-refractivity contribution in [2.45, 2.75) is 86.0 Å². The van der Waals surface area contributed by atoms with Gasteiger partial charge in [-0.2, -0.15) is 0 Å². The van der Waals surface area contributed by atoms with Crippen molar-refractivity contribution in [3.05, 3.63) is 0 Å². The summed E-state index contributed by atoms with van der Waals surface area (Å²) in [5, 5.41) is 3.73. The average Bonchev–Trinajstić information content (AvgIpc) is 2.40. The van der Waals surface area contributed by atoms with E-state index in [1.165, 1.54) is 64.5 Å². The zero-order valence-electron chi connectivity index (χ0n) is 15.5. The first-order chi connectivity index (χ1) is 10.0. The maximum absolute atomic E-state index is 3.73. The van der Waals surface area contributed by atoms with Crippen molar-refractivity contribution in [2.75, 3.05) is 13.1 Å². The second-order valence-corrected chi connectivity index (χ2v) is 8.36. The Morgan fingerprint density at radius 3 is 2.33 bits per heavy atom. The lowest BCUT2D eigenvalue weighted by molar-refractivity contribution is 0.154. The Hall–Kier alpha value is -0.0400. The predicted molar refractivity (Wildman–Crippen MR) is 95.6 cm³/mol. The molecule has 0 amide bonds. The van der Waals surface area contributed by atoms with Gasteiger partial charge in [-0.25, -0.2) is 0 Å². The first kappa shape index (κ1) is 19.0. The van der Waals surface area contributed by atoms with Gasteiger partial charge < -0.3 is 5.32 Å². The monoisotopic (exact) mass is 295 g/mol. The van der Waals surface area contributed by atoms with Crippen LogP contribution in [0.15, 0.2) is 0 Å². The zero-order valence-corrected chi connectivity index (χ0v) is 15.5. The van der Waals surface area contributed by atoms with E-state index in [0.717, 1.165) is 29.6 Å². The maximum atomic E-state index is 3.73. The highest BCUT2D eigenvalue weighted by Crippen LogP contribution is 2.38. The third kappa shape index (κ3) is 8.24. The van der Waals surface area contributed by atoms with Crippen molar-refractivity contribution in [1.29, 1.82) is 0 Å². The van der Waals surface area contributed by atoms with Gasteiger partial charge in [0.05, 0.1) is 0 Å². The molecule has 1 fully saturated rings. The van der Waals surface area contributed by atoms with Gasteiger partial charge in [-0.15, -0.1) is 0 Å². The molecule has 0 aliphatic heterocycles. The fraction of sp³-hybridized carbons (Fsp3) is 1.00. The highest BCUT2D eigenvalue weighted by Gasteiger charge is 2.29. The molecule has 0 heterocycles. The molecule has 1 N–H and O–H groups in total. The molecule has 1 aliphatic carbocycles. The Morgan fingerprint density at radius 1 is 0.952 bits per heavy atom.